The van der Waals surface area contributed by atoms with Crippen LogP contribution in [0.5, 0.6) is 11.8 Å². The number of nitrogens with zero attached hydrogens (tertiary/aromatic N) is 1. The van der Waals surface area contributed by atoms with Gasteiger partial charge in [-0.25, -0.2) is 4.79 Å². The summed E-state index contributed by atoms with van der Waals surface area (Å²) in [5.74, 6) is -0.384. The number of rotatable bonds is 4. The van der Waals surface area contributed by atoms with Crippen LogP contribution in [0.4, 0.5) is 4.79 Å². The van der Waals surface area contributed by atoms with Crippen molar-refractivity contribution in [3.8, 4) is 11.8 Å². The Labute approximate surface area is 134 Å². The summed E-state index contributed by atoms with van der Waals surface area (Å²) in [5, 5.41) is 23.8. The molecule has 126 valence electrons. The van der Waals surface area contributed by atoms with Gasteiger partial charge in [0.2, 0.25) is 11.8 Å². The Morgan fingerprint density at radius 2 is 1.74 bits per heavy atom. The number of alkyl carbamates (subject to hydrolysis) is 1. The predicted octanol–water partition coefficient (Wildman–Crippen LogP) is 2.39. The number of nitrogens with one attached hydrogen (secondary N) is 1. The van der Waals surface area contributed by atoms with Crippen molar-refractivity contribution in [2.24, 2.45) is 0 Å². The Kier molecular flexibility index (Phi) is 4.58. The molecule has 0 radical (unpaired) electrons. The van der Waals surface area contributed by atoms with Crippen LogP contribution in [-0.4, -0.2) is 39.3 Å². The van der Waals surface area contributed by atoms with Crippen LogP contribution in [0.15, 0.2) is 24.3 Å². The summed E-state index contributed by atoms with van der Waals surface area (Å²) in [5.41, 5.74) is -0.584. The largest absolute Gasteiger partial charge is 0.492 e. The van der Waals surface area contributed by atoms with Crippen molar-refractivity contribution in [1.29, 1.82) is 0 Å². The van der Waals surface area contributed by atoms with Gasteiger partial charge in [0.1, 0.15) is 12.2 Å². The molecule has 1 aromatic heterocycles. The third kappa shape index (κ3) is 4.00. The molecule has 0 saturated carbocycles. The van der Waals surface area contributed by atoms with E-state index >= 15 is 0 Å². The normalized spacial score (nSPS) is 12.9. The van der Waals surface area contributed by atoms with Gasteiger partial charge in [-0.3, -0.25) is 0 Å². The van der Waals surface area contributed by atoms with Gasteiger partial charge in [-0.05, 0) is 39.8 Å². The van der Waals surface area contributed by atoms with E-state index < -0.39 is 11.7 Å². The fourth-order valence-electron chi connectivity index (χ4n) is 2.05. The molecule has 3 N–H and O–H groups in total. The van der Waals surface area contributed by atoms with E-state index in [2.05, 4.69) is 5.32 Å². The quantitative estimate of drug-likeness (QED) is 0.804. The Morgan fingerprint density at radius 1 is 1.22 bits per heavy atom. The molecular formula is C16H22N2O5. The second kappa shape index (κ2) is 6.28. The minimum absolute atomic E-state index is 0.0430. The van der Waals surface area contributed by atoms with E-state index in [0.717, 1.165) is 4.73 Å². The van der Waals surface area contributed by atoms with E-state index in [4.69, 9.17) is 9.57 Å². The highest BCUT2D eigenvalue weighted by atomic mass is 16.7. The maximum Gasteiger partial charge on any atom is 0.407 e. The SMILES string of the molecule is C[C@@H](COn1c(O)c2ccccc2c1O)NC(=O)OC(C)(C)C. The van der Waals surface area contributed by atoms with Crippen LogP contribution >= 0.6 is 0 Å². The zero-order chi connectivity index (χ0) is 17.2. The Balaban J connectivity index is 2.00. The smallest absolute Gasteiger partial charge is 0.407 e. The first-order valence-electron chi connectivity index (χ1n) is 7.33. The summed E-state index contributed by atoms with van der Waals surface area (Å²) in [6.45, 7) is 7.09. The van der Waals surface area contributed by atoms with Crippen LogP contribution in [0, 0.1) is 0 Å². The van der Waals surface area contributed by atoms with E-state index in [1.54, 1.807) is 52.0 Å². The fraction of sp³-hybridized carbons (Fsp3) is 0.438. The molecule has 1 aromatic carbocycles. The molecule has 7 nitrogen and oxygen atoms in total. The number of aromatic hydroxyl groups is 2. The Morgan fingerprint density at radius 3 is 2.22 bits per heavy atom. The highest BCUT2D eigenvalue weighted by Gasteiger charge is 2.20. The number of hydrogen-bond donors (Lipinski definition) is 3. The molecule has 1 atom stereocenters. The molecule has 23 heavy (non-hydrogen) atoms. The molecule has 0 spiro atoms. The minimum atomic E-state index is -0.584. The molecule has 7 heteroatoms. The van der Waals surface area contributed by atoms with Gasteiger partial charge in [-0.2, -0.15) is 0 Å². The Bertz CT molecular complexity index is 663. The Hall–Kier alpha value is -2.57. The lowest BCUT2D eigenvalue weighted by molar-refractivity contribution is 0.0392. The summed E-state index contributed by atoms with van der Waals surface area (Å²) >= 11 is 0. The summed E-state index contributed by atoms with van der Waals surface area (Å²) in [6.07, 6.45) is -0.556. The standard InChI is InChI=1S/C16H22N2O5/c1-10(17-15(21)23-16(2,3)4)9-22-18-13(19)11-7-5-6-8-12(11)14(18)20/h5-8,10,19-20H,9H2,1-4H3,(H,17,21)/t10-/m0/s1. The van der Waals surface area contributed by atoms with Crippen molar-refractivity contribution in [1.82, 2.24) is 10.0 Å². The van der Waals surface area contributed by atoms with Crippen LogP contribution < -0.4 is 10.2 Å². The first-order chi connectivity index (χ1) is 10.7. The van der Waals surface area contributed by atoms with Crippen molar-refractivity contribution < 1.29 is 24.6 Å². The topological polar surface area (TPSA) is 93.0 Å². The molecule has 0 unspecified atom stereocenters. The third-order valence-electron chi connectivity index (χ3n) is 3.01. The average molecular weight is 322 g/mol. The number of fused-ring (bicyclic) bond motifs is 1. The van der Waals surface area contributed by atoms with Crippen LogP contribution in [0.25, 0.3) is 10.8 Å². The number of carbonyl (C=O) groups excluding carboxylic acids is 1. The molecule has 0 fully saturated rings. The zero-order valence-electron chi connectivity index (χ0n) is 13.7. The number of hydrogen-bond acceptors (Lipinski definition) is 5. The van der Waals surface area contributed by atoms with E-state index in [1.165, 1.54) is 0 Å². The maximum atomic E-state index is 11.7. The second-order valence-electron chi connectivity index (χ2n) is 6.33. The van der Waals surface area contributed by atoms with Crippen LogP contribution in [0.3, 0.4) is 0 Å². The molecule has 2 rings (SSSR count). The van der Waals surface area contributed by atoms with Crippen molar-refractivity contribution >= 4 is 16.9 Å². The highest BCUT2D eigenvalue weighted by Crippen LogP contribution is 2.34. The highest BCUT2D eigenvalue weighted by molar-refractivity contribution is 5.92. The van der Waals surface area contributed by atoms with Gasteiger partial charge in [0.15, 0.2) is 0 Å². The van der Waals surface area contributed by atoms with Crippen molar-refractivity contribution in [3.05, 3.63) is 24.3 Å². The molecule has 0 saturated heterocycles. The van der Waals surface area contributed by atoms with Gasteiger partial charge >= 0.3 is 6.09 Å². The van der Waals surface area contributed by atoms with Gasteiger partial charge in [-0.1, -0.05) is 12.1 Å². The summed E-state index contributed by atoms with van der Waals surface area (Å²) in [4.78, 5) is 17.1. The third-order valence-corrected chi connectivity index (χ3v) is 3.01. The summed E-state index contributed by atoms with van der Waals surface area (Å²) in [7, 11) is 0. The molecule has 2 aromatic rings. The van der Waals surface area contributed by atoms with Crippen molar-refractivity contribution in [2.45, 2.75) is 39.3 Å². The van der Waals surface area contributed by atoms with Crippen molar-refractivity contribution in [3.63, 3.8) is 0 Å². The van der Waals surface area contributed by atoms with Crippen LogP contribution in [0.1, 0.15) is 27.7 Å². The van der Waals surface area contributed by atoms with E-state index in [-0.39, 0.29) is 24.4 Å². The fourth-order valence-corrected chi connectivity index (χ4v) is 2.05. The number of aromatic nitrogens is 1. The number of amides is 1. The molecular weight excluding hydrogens is 300 g/mol. The molecule has 0 aliphatic carbocycles. The summed E-state index contributed by atoms with van der Waals surface area (Å²) in [6, 6.07) is 6.46. The number of benzene rings is 1. The lowest BCUT2D eigenvalue weighted by Gasteiger charge is -2.22. The second-order valence-corrected chi connectivity index (χ2v) is 6.33. The van der Waals surface area contributed by atoms with Gasteiger partial charge in [0.05, 0.1) is 16.8 Å². The van der Waals surface area contributed by atoms with E-state index in [9.17, 15) is 15.0 Å². The van der Waals surface area contributed by atoms with Crippen LogP contribution in [-0.2, 0) is 4.74 Å². The molecule has 0 aliphatic rings. The number of carbonyl (C=O) groups is 1. The van der Waals surface area contributed by atoms with Gasteiger partial charge in [0.25, 0.3) is 0 Å². The van der Waals surface area contributed by atoms with Gasteiger partial charge in [-0.15, -0.1) is 4.73 Å². The van der Waals surface area contributed by atoms with E-state index in [0.29, 0.717) is 10.8 Å². The molecule has 1 heterocycles. The van der Waals surface area contributed by atoms with Gasteiger partial charge < -0.3 is 25.1 Å². The molecule has 1 amide bonds. The number of ether oxygens (including phenoxy) is 1. The van der Waals surface area contributed by atoms with Gasteiger partial charge in [0, 0.05) is 0 Å². The minimum Gasteiger partial charge on any atom is -0.492 e. The van der Waals surface area contributed by atoms with E-state index in [1.807, 2.05) is 0 Å². The first kappa shape index (κ1) is 16.8. The monoisotopic (exact) mass is 322 g/mol. The summed E-state index contributed by atoms with van der Waals surface area (Å²) < 4.78 is 6.09. The average Bonchev–Trinajstić information content (AvgIpc) is 2.67. The maximum absolute atomic E-state index is 11.7. The predicted molar refractivity (Wildman–Crippen MR) is 85.5 cm³/mol. The lowest BCUT2D eigenvalue weighted by Crippen LogP contribution is -2.41. The molecule has 0 aliphatic heterocycles. The van der Waals surface area contributed by atoms with Crippen LogP contribution in [0.2, 0.25) is 0 Å². The lowest BCUT2D eigenvalue weighted by atomic mass is 10.2. The zero-order valence-corrected chi connectivity index (χ0v) is 13.7. The molecule has 0 bridgehead atoms. The first-order valence-corrected chi connectivity index (χ1v) is 7.33. The van der Waals surface area contributed by atoms with Crippen molar-refractivity contribution in [2.75, 3.05) is 6.61 Å².